The van der Waals surface area contributed by atoms with Crippen molar-refractivity contribution in [1.82, 2.24) is 19.4 Å². The zero-order valence-corrected chi connectivity index (χ0v) is 13.3. The van der Waals surface area contributed by atoms with E-state index in [1.54, 1.807) is 6.20 Å². The molecule has 0 aromatic carbocycles. The number of hydrogen-bond donors (Lipinski definition) is 0. The van der Waals surface area contributed by atoms with E-state index in [9.17, 15) is 4.79 Å². The van der Waals surface area contributed by atoms with Crippen molar-refractivity contribution in [1.29, 1.82) is 0 Å². The van der Waals surface area contributed by atoms with Gasteiger partial charge in [-0.1, -0.05) is 13.8 Å². The first kappa shape index (κ1) is 14.8. The highest BCUT2D eigenvalue weighted by molar-refractivity contribution is 5.81. The largest absolute Gasteiger partial charge is 0.340 e. The lowest BCUT2D eigenvalue weighted by atomic mass is 9.91. The Balaban J connectivity index is 1.65. The molecule has 2 aromatic rings. The molecule has 22 heavy (non-hydrogen) atoms. The highest BCUT2D eigenvalue weighted by atomic mass is 16.2. The Hall–Kier alpha value is -2.17. The van der Waals surface area contributed by atoms with Gasteiger partial charge in [0, 0.05) is 49.7 Å². The molecule has 3 rings (SSSR count). The standard InChI is InChI=1S/C17H22N4O/c1-12(2)16-19-8-9-21(16)13(3)17(22)20-10-15(11-20)14-4-6-18-7-5-14/h4-9,12-13,15H,10-11H2,1-3H3/t13-/m0/s1. The number of likely N-dealkylation sites (tertiary alicyclic amines) is 1. The van der Waals surface area contributed by atoms with E-state index in [4.69, 9.17) is 0 Å². The molecule has 5 heteroatoms. The molecular formula is C17H22N4O. The van der Waals surface area contributed by atoms with Crippen molar-refractivity contribution in [3.63, 3.8) is 0 Å². The van der Waals surface area contributed by atoms with E-state index >= 15 is 0 Å². The number of pyridine rings is 1. The molecule has 0 bridgehead atoms. The average Bonchev–Trinajstić information content (AvgIpc) is 2.95. The number of hydrogen-bond acceptors (Lipinski definition) is 3. The third-order valence-electron chi connectivity index (χ3n) is 4.36. The summed E-state index contributed by atoms with van der Waals surface area (Å²) in [5, 5.41) is 0. The number of aromatic nitrogens is 3. The van der Waals surface area contributed by atoms with Crippen LogP contribution in [0.5, 0.6) is 0 Å². The maximum atomic E-state index is 12.6. The molecule has 2 aromatic heterocycles. The Morgan fingerprint density at radius 3 is 2.50 bits per heavy atom. The van der Waals surface area contributed by atoms with Crippen LogP contribution in [0, 0.1) is 0 Å². The summed E-state index contributed by atoms with van der Waals surface area (Å²) in [5.74, 6) is 1.88. The van der Waals surface area contributed by atoms with Crippen LogP contribution in [0.3, 0.4) is 0 Å². The fourth-order valence-corrected chi connectivity index (χ4v) is 2.99. The summed E-state index contributed by atoms with van der Waals surface area (Å²) in [5.41, 5.74) is 1.26. The smallest absolute Gasteiger partial charge is 0.245 e. The second-order valence-corrected chi connectivity index (χ2v) is 6.24. The fourth-order valence-electron chi connectivity index (χ4n) is 2.99. The van der Waals surface area contributed by atoms with Crippen molar-refractivity contribution < 1.29 is 4.79 Å². The lowest BCUT2D eigenvalue weighted by molar-refractivity contribution is -0.138. The molecule has 3 heterocycles. The Labute approximate surface area is 131 Å². The number of amides is 1. The maximum Gasteiger partial charge on any atom is 0.245 e. The van der Waals surface area contributed by atoms with Gasteiger partial charge in [0.25, 0.3) is 0 Å². The van der Waals surface area contributed by atoms with E-state index < -0.39 is 0 Å². The molecule has 0 radical (unpaired) electrons. The second-order valence-electron chi connectivity index (χ2n) is 6.24. The monoisotopic (exact) mass is 298 g/mol. The quantitative estimate of drug-likeness (QED) is 0.871. The third kappa shape index (κ3) is 2.63. The summed E-state index contributed by atoms with van der Waals surface area (Å²) in [6.07, 6.45) is 7.29. The van der Waals surface area contributed by atoms with Gasteiger partial charge in [0.2, 0.25) is 5.91 Å². The van der Waals surface area contributed by atoms with Crippen molar-refractivity contribution in [3.05, 3.63) is 48.3 Å². The van der Waals surface area contributed by atoms with E-state index in [0.29, 0.717) is 11.8 Å². The molecule has 1 aliphatic heterocycles. The van der Waals surface area contributed by atoms with Crippen LogP contribution in [0.4, 0.5) is 0 Å². The van der Waals surface area contributed by atoms with Crippen LogP contribution in [0.25, 0.3) is 0 Å². The van der Waals surface area contributed by atoms with E-state index in [1.807, 2.05) is 47.1 Å². The number of imidazole rings is 1. The lowest BCUT2D eigenvalue weighted by Crippen LogP contribution is -2.50. The molecule has 1 atom stereocenters. The summed E-state index contributed by atoms with van der Waals surface area (Å²) in [6, 6.07) is 3.86. The zero-order valence-electron chi connectivity index (χ0n) is 13.3. The minimum atomic E-state index is -0.196. The van der Waals surface area contributed by atoms with Crippen molar-refractivity contribution >= 4 is 5.91 Å². The van der Waals surface area contributed by atoms with Crippen molar-refractivity contribution in [3.8, 4) is 0 Å². The minimum absolute atomic E-state index is 0.171. The highest BCUT2D eigenvalue weighted by Gasteiger charge is 2.34. The molecule has 0 spiro atoms. The summed E-state index contributed by atoms with van der Waals surface area (Å²) in [7, 11) is 0. The highest BCUT2D eigenvalue weighted by Crippen LogP contribution is 2.29. The molecule has 5 nitrogen and oxygen atoms in total. The van der Waals surface area contributed by atoms with Gasteiger partial charge in [-0.2, -0.15) is 0 Å². The van der Waals surface area contributed by atoms with Crippen LogP contribution in [0.1, 0.15) is 50.0 Å². The Bertz CT molecular complexity index is 644. The molecular weight excluding hydrogens is 276 g/mol. The molecule has 0 saturated carbocycles. The molecule has 0 unspecified atom stereocenters. The topological polar surface area (TPSA) is 51.0 Å². The SMILES string of the molecule is CC(C)c1nccn1[C@@H](C)C(=O)N1CC(c2ccncc2)C1. The van der Waals surface area contributed by atoms with Crippen molar-refractivity contribution in [2.24, 2.45) is 0 Å². The summed E-state index contributed by atoms with van der Waals surface area (Å²) >= 11 is 0. The van der Waals surface area contributed by atoms with Gasteiger partial charge in [-0.25, -0.2) is 4.98 Å². The molecule has 116 valence electrons. The van der Waals surface area contributed by atoms with Gasteiger partial charge in [-0.05, 0) is 24.6 Å². The molecule has 1 fully saturated rings. The Morgan fingerprint density at radius 1 is 1.18 bits per heavy atom. The van der Waals surface area contributed by atoms with Crippen LogP contribution in [-0.4, -0.2) is 38.4 Å². The zero-order chi connectivity index (χ0) is 15.7. The summed E-state index contributed by atoms with van der Waals surface area (Å²) in [6.45, 7) is 7.73. The van der Waals surface area contributed by atoms with Gasteiger partial charge >= 0.3 is 0 Å². The van der Waals surface area contributed by atoms with Crippen molar-refractivity contribution in [2.45, 2.75) is 38.6 Å². The van der Waals surface area contributed by atoms with Crippen molar-refractivity contribution in [2.75, 3.05) is 13.1 Å². The van der Waals surface area contributed by atoms with Crippen LogP contribution >= 0.6 is 0 Å². The number of carbonyl (C=O) groups is 1. The van der Waals surface area contributed by atoms with Gasteiger partial charge in [-0.15, -0.1) is 0 Å². The van der Waals surface area contributed by atoms with Crippen LogP contribution in [-0.2, 0) is 4.79 Å². The predicted molar refractivity (Wildman–Crippen MR) is 84.6 cm³/mol. The first-order valence-corrected chi connectivity index (χ1v) is 7.79. The third-order valence-corrected chi connectivity index (χ3v) is 4.36. The van der Waals surface area contributed by atoms with Crippen LogP contribution in [0.15, 0.2) is 36.9 Å². The van der Waals surface area contributed by atoms with Gasteiger partial charge in [0.05, 0.1) is 0 Å². The first-order chi connectivity index (χ1) is 10.6. The Morgan fingerprint density at radius 2 is 1.86 bits per heavy atom. The van der Waals surface area contributed by atoms with Gasteiger partial charge in [-0.3, -0.25) is 9.78 Å². The molecule has 0 N–H and O–H groups in total. The average molecular weight is 298 g/mol. The lowest BCUT2D eigenvalue weighted by Gasteiger charge is -2.41. The van der Waals surface area contributed by atoms with E-state index in [0.717, 1.165) is 18.9 Å². The van der Waals surface area contributed by atoms with E-state index in [-0.39, 0.29) is 11.9 Å². The summed E-state index contributed by atoms with van der Waals surface area (Å²) < 4.78 is 1.99. The first-order valence-electron chi connectivity index (χ1n) is 7.79. The number of rotatable bonds is 4. The number of carbonyl (C=O) groups excluding carboxylic acids is 1. The summed E-state index contributed by atoms with van der Waals surface area (Å²) in [4.78, 5) is 23.0. The van der Waals surface area contributed by atoms with E-state index in [1.165, 1.54) is 5.56 Å². The predicted octanol–water partition coefficient (Wildman–Crippen LogP) is 2.59. The molecule has 1 saturated heterocycles. The van der Waals surface area contributed by atoms with Gasteiger partial charge in [0.1, 0.15) is 11.9 Å². The van der Waals surface area contributed by atoms with Gasteiger partial charge in [0.15, 0.2) is 0 Å². The fraction of sp³-hybridized carbons (Fsp3) is 0.471. The van der Waals surface area contributed by atoms with Crippen LogP contribution < -0.4 is 0 Å². The Kier molecular flexibility index (Phi) is 3.96. The molecule has 0 aliphatic carbocycles. The van der Waals surface area contributed by atoms with E-state index in [2.05, 4.69) is 23.8 Å². The minimum Gasteiger partial charge on any atom is -0.340 e. The molecule has 1 amide bonds. The molecule has 1 aliphatic rings. The maximum absolute atomic E-state index is 12.6. The number of nitrogens with zero attached hydrogens (tertiary/aromatic N) is 4. The second kappa shape index (κ2) is 5.91. The van der Waals surface area contributed by atoms with Gasteiger partial charge < -0.3 is 9.47 Å². The van der Waals surface area contributed by atoms with Crippen LogP contribution in [0.2, 0.25) is 0 Å². The normalized spacial score (nSPS) is 16.6.